The molecule has 0 saturated carbocycles. The molecule has 0 fully saturated rings. The van der Waals surface area contributed by atoms with Gasteiger partial charge in [-0.25, -0.2) is 4.79 Å². The molecule has 0 aliphatic carbocycles. The Kier molecular flexibility index (Phi) is 5.65. The fourth-order valence-corrected chi connectivity index (χ4v) is 4.52. The number of hydrogen-bond acceptors (Lipinski definition) is 4. The Morgan fingerprint density at radius 1 is 1.15 bits per heavy atom. The molecule has 3 aromatic rings. The fraction of sp³-hybridized carbons (Fsp3) is 0.286. The van der Waals surface area contributed by atoms with E-state index in [1.54, 1.807) is 17.0 Å². The van der Waals surface area contributed by atoms with Gasteiger partial charge in [-0.3, -0.25) is 19.3 Å². The summed E-state index contributed by atoms with van der Waals surface area (Å²) >= 11 is 1.47. The summed E-state index contributed by atoms with van der Waals surface area (Å²) in [5.41, 5.74) is 3.11. The summed E-state index contributed by atoms with van der Waals surface area (Å²) < 4.78 is 1.63. The summed E-state index contributed by atoms with van der Waals surface area (Å²) in [5.74, 6) is -0.0112. The van der Waals surface area contributed by atoms with Crippen LogP contribution in [0.15, 0.2) is 62.2 Å². The molecule has 0 radical (unpaired) electrons. The van der Waals surface area contributed by atoms with Gasteiger partial charge in [0.2, 0.25) is 0 Å². The second-order valence-electron chi connectivity index (χ2n) is 7.01. The first-order chi connectivity index (χ1) is 12.8. The minimum absolute atomic E-state index is 0.0112. The highest BCUT2D eigenvalue weighted by Crippen LogP contribution is 2.32. The number of H-pyrrole nitrogens is 1. The molecule has 5 nitrogen and oxygen atoms in total. The Labute approximate surface area is 162 Å². The summed E-state index contributed by atoms with van der Waals surface area (Å²) in [5, 5.41) is 0.688. The van der Waals surface area contributed by atoms with Crippen LogP contribution in [0.4, 0.5) is 0 Å². The van der Waals surface area contributed by atoms with Gasteiger partial charge in [-0.05, 0) is 54.7 Å². The number of nitrogens with one attached hydrogen (secondary N) is 1. The van der Waals surface area contributed by atoms with E-state index in [-0.39, 0.29) is 11.5 Å². The van der Waals surface area contributed by atoms with Crippen LogP contribution in [-0.4, -0.2) is 14.5 Å². The Morgan fingerprint density at radius 2 is 1.85 bits per heavy atom. The smallest absolute Gasteiger partial charge is 0.283 e. The maximum absolute atomic E-state index is 12.6. The van der Waals surface area contributed by atoms with Crippen LogP contribution in [0.3, 0.4) is 0 Å². The molecule has 2 aromatic heterocycles. The minimum Gasteiger partial charge on any atom is -0.283 e. The van der Waals surface area contributed by atoms with Crippen LogP contribution in [0, 0.1) is 13.8 Å². The van der Waals surface area contributed by atoms with Crippen molar-refractivity contribution < 1.29 is 0 Å². The lowest BCUT2D eigenvalue weighted by atomic mass is 10.1. The van der Waals surface area contributed by atoms with Gasteiger partial charge in [0.05, 0.1) is 17.1 Å². The summed E-state index contributed by atoms with van der Waals surface area (Å²) in [7, 11) is 0. The van der Waals surface area contributed by atoms with Crippen molar-refractivity contribution in [3.8, 4) is 0 Å². The monoisotopic (exact) mass is 381 g/mol. The van der Waals surface area contributed by atoms with Crippen molar-refractivity contribution in [2.45, 2.75) is 50.1 Å². The molecule has 2 heterocycles. The molecule has 0 bridgehead atoms. The van der Waals surface area contributed by atoms with Crippen molar-refractivity contribution in [1.82, 2.24) is 14.5 Å². The number of pyridine rings is 1. The maximum atomic E-state index is 12.6. The molecule has 0 aliphatic rings. The Hall–Kier alpha value is -2.60. The molecule has 0 spiro atoms. The molecule has 0 unspecified atom stereocenters. The van der Waals surface area contributed by atoms with Crippen molar-refractivity contribution in [2.75, 3.05) is 0 Å². The van der Waals surface area contributed by atoms with E-state index in [9.17, 15) is 9.59 Å². The molecule has 1 N–H and O–H groups in total. The average molecular weight is 382 g/mol. The fourth-order valence-electron chi connectivity index (χ4n) is 3.11. The largest absolute Gasteiger partial charge is 0.329 e. The van der Waals surface area contributed by atoms with Crippen molar-refractivity contribution in [1.29, 1.82) is 0 Å². The van der Waals surface area contributed by atoms with Crippen molar-refractivity contribution >= 4 is 11.8 Å². The first-order valence-corrected chi connectivity index (χ1v) is 9.69. The third-order valence-corrected chi connectivity index (χ3v) is 5.34. The molecule has 140 valence electrons. The highest BCUT2D eigenvalue weighted by molar-refractivity contribution is 7.99. The Bertz CT molecular complexity index is 1050. The van der Waals surface area contributed by atoms with E-state index >= 15 is 0 Å². The normalized spacial score (nSPS) is 11.1. The topological polar surface area (TPSA) is 67.8 Å². The molecule has 0 saturated heterocycles. The van der Waals surface area contributed by atoms with Gasteiger partial charge in [-0.1, -0.05) is 37.7 Å². The average Bonchev–Trinajstić information content (AvgIpc) is 2.58. The predicted molar refractivity (Wildman–Crippen MR) is 109 cm³/mol. The molecule has 0 amide bonds. The van der Waals surface area contributed by atoms with Gasteiger partial charge in [0.25, 0.3) is 5.56 Å². The van der Waals surface area contributed by atoms with E-state index < -0.39 is 5.69 Å². The standard InChI is InChI=1S/C21H23N3O2S/c1-13(2)18-19(25)23-21(26)24(12-16-6-5-7-22-11-16)20(18)27-17-9-14(3)8-15(4)10-17/h5-11,13H,12H2,1-4H3,(H,23,25,26). The van der Waals surface area contributed by atoms with E-state index in [0.29, 0.717) is 17.1 Å². The zero-order chi connectivity index (χ0) is 19.6. The number of rotatable bonds is 5. The van der Waals surface area contributed by atoms with Crippen LogP contribution >= 0.6 is 11.8 Å². The van der Waals surface area contributed by atoms with Gasteiger partial charge in [0.1, 0.15) is 0 Å². The lowest BCUT2D eigenvalue weighted by Gasteiger charge is -2.18. The summed E-state index contributed by atoms with van der Waals surface area (Å²) in [6.07, 6.45) is 3.43. The zero-order valence-corrected chi connectivity index (χ0v) is 16.8. The van der Waals surface area contributed by atoms with E-state index in [1.165, 1.54) is 11.8 Å². The molecule has 0 aliphatic heterocycles. The van der Waals surface area contributed by atoms with Gasteiger partial charge >= 0.3 is 5.69 Å². The second kappa shape index (κ2) is 7.96. The van der Waals surface area contributed by atoms with Crippen LogP contribution in [-0.2, 0) is 6.54 Å². The first kappa shape index (κ1) is 19.2. The molecule has 3 rings (SSSR count). The van der Waals surface area contributed by atoms with Crippen LogP contribution in [0.2, 0.25) is 0 Å². The lowest BCUT2D eigenvalue weighted by molar-refractivity contribution is 0.616. The third kappa shape index (κ3) is 4.39. The SMILES string of the molecule is Cc1cc(C)cc(Sc2c(C(C)C)c(=O)[nH]c(=O)n2Cc2cccnc2)c1. The highest BCUT2D eigenvalue weighted by atomic mass is 32.2. The quantitative estimate of drug-likeness (QED) is 0.681. The Balaban J connectivity index is 2.18. The summed E-state index contributed by atoms with van der Waals surface area (Å²) in [4.78, 5) is 32.8. The highest BCUT2D eigenvalue weighted by Gasteiger charge is 2.19. The number of nitrogens with zero attached hydrogens (tertiary/aromatic N) is 2. The van der Waals surface area contributed by atoms with E-state index in [2.05, 4.69) is 28.2 Å². The van der Waals surface area contributed by atoms with Gasteiger partial charge < -0.3 is 0 Å². The van der Waals surface area contributed by atoms with Gasteiger partial charge in [-0.2, -0.15) is 0 Å². The van der Waals surface area contributed by atoms with Gasteiger partial charge in [0, 0.05) is 17.3 Å². The van der Waals surface area contributed by atoms with E-state index in [4.69, 9.17) is 0 Å². The van der Waals surface area contributed by atoms with Crippen molar-refractivity contribution in [2.24, 2.45) is 0 Å². The molecule has 6 heteroatoms. The van der Waals surface area contributed by atoms with Crippen molar-refractivity contribution in [3.05, 3.63) is 85.8 Å². The van der Waals surface area contributed by atoms with Crippen LogP contribution in [0.1, 0.15) is 42.0 Å². The molecule has 1 aromatic carbocycles. The van der Waals surface area contributed by atoms with Crippen LogP contribution in [0.25, 0.3) is 0 Å². The van der Waals surface area contributed by atoms with Crippen LogP contribution < -0.4 is 11.2 Å². The first-order valence-electron chi connectivity index (χ1n) is 8.87. The minimum atomic E-state index is -0.403. The van der Waals surface area contributed by atoms with Gasteiger partial charge in [0.15, 0.2) is 0 Å². The Morgan fingerprint density at radius 3 is 2.44 bits per heavy atom. The molecular weight excluding hydrogens is 358 g/mol. The number of benzene rings is 1. The maximum Gasteiger partial charge on any atom is 0.329 e. The zero-order valence-electron chi connectivity index (χ0n) is 15.9. The van der Waals surface area contributed by atoms with E-state index in [1.807, 2.05) is 39.8 Å². The second-order valence-corrected chi connectivity index (χ2v) is 8.07. The third-order valence-electron chi connectivity index (χ3n) is 4.24. The van der Waals surface area contributed by atoms with Crippen molar-refractivity contribution in [3.63, 3.8) is 0 Å². The summed E-state index contributed by atoms with van der Waals surface area (Å²) in [6, 6.07) is 10.0. The number of aryl methyl sites for hydroxylation is 2. The number of hydrogen-bond donors (Lipinski definition) is 1. The predicted octanol–water partition coefficient (Wildman–Crippen LogP) is 3.87. The van der Waals surface area contributed by atoms with Gasteiger partial charge in [-0.15, -0.1) is 0 Å². The van der Waals surface area contributed by atoms with E-state index in [0.717, 1.165) is 21.6 Å². The number of aromatic nitrogens is 3. The summed E-state index contributed by atoms with van der Waals surface area (Å²) in [6.45, 7) is 8.38. The lowest BCUT2D eigenvalue weighted by Crippen LogP contribution is -2.34. The molecule has 27 heavy (non-hydrogen) atoms. The van der Waals surface area contributed by atoms with Crippen LogP contribution in [0.5, 0.6) is 0 Å². The molecule has 0 atom stereocenters. The number of aromatic amines is 1. The molecular formula is C21H23N3O2S.